The first-order valence-corrected chi connectivity index (χ1v) is 6.66. The summed E-state index contributed by atoms with van der Waals surface area (Å²) in [5.41, 5.74) is 1.20. The number of hydrogen-bond acceptors (Lipinski definition) is 3. The average molecular weight is 277 g/mol. The number of rotatable bonds is 1. The molecular formula is C14H16FN3O2. The zero-order valence-electron chi connectivity index (χ0n) is 11.1. The lowest BCUT2D eigenvalue weighted by Gasteiger charge is -2.34. The van der Waals surface area contributed by atoms with Gasteiger partial charge in [0.25, 0.3) is 5.91 Å². The predicted molar refractivity (Wildman–Crippen MR) is 71.7 cm³/mol. The van der Waals surface area contributed by atoms with Gasteiger partial charge in [-0.2, -0.15) is 0 Å². The Morgan fingerprint density at radius 1 is 1.55 bits per heavy atom. The molecule has 1 amide bonds. The highest BCUT2D eigenvalue weighted by Crippen LogP contribution is 2.23. The molecule has 0 aliphatic carbocycles. The van der Waals surface area contributed by atoms with Crippen molar-refractivity contribution in [3.05, 3.63) is 29.8 Å². The highest BCUT2D eigenvalue weighted by molar-refractivity contribution is 6.04. The monoisotopic (exact) mass is 277 g/mol. The first kappa shape index (κ1) is 13.1. The molecule has 2 atom stereocenters. The number of nitrogens with zero attached hydrogens (tertiary/aromatic N) is 2. The maximum Gasteiger partial charge on any atom is 0.256 e. The number of halogens is 1. The number of nitrogens with one attached hydrogen (secondary N) is 1. The van der Waals surface area contributed by atoms with E-state index in [9.17, 15) is 14.3 Å². The van der Waals surface area contributed by atoms with E-state index in [-0.39, 0.29) is 23.9 Å². The molecule has 2 unspecified atom stereocenters. The lowest BCUT2D eigenvalue weighted by atomic mass is 9.95. The number of likely N-dealkylation sites (tertiary alicyclic amines) is 1. The molecule has 0 spiro atoms. The van der Waals surface area contributed by atoms with Crippen LogP contribution in [0.4, 0.5) is 4.39 Å². The fourth-order valence-electron chi connectivity index (χ4n) is 2.58. The number of piperidine rings is 1. The third kappa shape index (κ3) is 2.16. The van der Waals surface area contributed by atoms with Crippen LogP contribution in [0.5, 0.6) is 0 Å². The number of carbonyl (C=O) groups excluding carboxylic acids is 1. The summed E-state index contributed by atoms with van der Waals surface area (Å²) in [6.45, 7) is 2.81. The molecule has 2 heterocycles. The maximum absolute atomic E-state index is 13.6. The molecule has 1 fully saturated rings. The molecule has 0 radical (unpaired) electrons. The molecular weight excluding hydrogens is 261 g/mol. The molecule has 1 aromatic heterocycles. The van der Waals surface area contributed by atoms with E-state index in [2.05, 4.69) is 9.97 Å². The van der Waals surface area contributed by atoms with E-state index in [1.54, 1.807) is 4.90 Å². The molecule has 1 aromatic carbocycles. The zero-order chi connectivity index (χ0) is 14.3. The smallest absolute Gasteiger partial charge is 0.256 e. The molecule has 5 nitrogen and oxygen atoms in total. The molecule has 0 bridgehead atoms. The number of aliphatic hydroxyl groups excluding tert-OH is 1. The van der Waals surface area contributed by atoms with Crippen LogP contribution >= 0.6 is 0 Å². The largest absolute Gasteiger partial charge is 0.391 e. The standard InChI is InChI=1S/C14H16FN3O2/c1-8-2-3-18(6-12(8)19)14(20)10-4-9(15)5-11-13(10)17-7-16-11/h4-5,7-8,12,19H,2-3,6H2,1H3,(H,16,17). The van der Waals surface area contributed by atoms with Gasteiger partial charge in [0.15, 0.2) is 0 Å². The molecule has 1 aliphatic rings. The van der Waals surface area contributed by atoms with E-state index < -0.39 is 11.9 Å². The van der Waals surface area contributed by atoms with Crippen molar-refractivity contribution in [3.63, 3.8) is 0 Å². The van der Waals surface area contributed by atoms with Crippen LogP contribution in [-0.4, -0.2) is 45.1 Å². The van der Waals surface area contributed by atoms with Gasteiger partial charge in [-0.3, -0.25) is 4.79 Å². The number of aromatic amines is 1. The van der Waals surface area contributed by atoms with Crippen LogP contribution < -0.4 is 0 Å². The Kier molecular flexibility index (Phi) is 3.17. The summed E-state index contributed by atoms with van der Waals surface area (Å²) in [5, 5.41) is 9.88. The van der Waals surface area contributed by atoms with Crippen LogP contribution in [0.3, 0.4) is 0 Å². The van der Waals surface area contributed by atoms with Crippen molar-refractivity contribution in [2.45, 2.75) is 19.4 Å². The van der Waals surface area contributed by atoms with Gasteiger partial charge in [-0.15, -0.1) is 0 Å². The summed E-state index contributed by atoms with van der Waals surface area (Å²) >= 11 is 0. The Bertz CT molecular complexity index is 655. The number of fused-ring (bicyclic) bond motifs is 1. The van der Waals surface area contributed by atoms with E-state index in [4.69, 9.17) is 0 Å². The van der Waals surface area contributed by atoms with Crippen LogP contribution in [-0.2, 0) is 0 Å². The van der Waals surface area contributed by atoms with Crippen LogP contribution in [0.1, 0.15) is 23.7 Å². The van der Waals surface area contributed by atoms with E-state index in [1.165, 1.54) is 18.5 Å². The van der Waals surface area contributed by atoms with Gasteiger partial charge in [0.1, 0.15) is 11.3 Å². The van der Waals surface area contributed by atoms with Gasteiger partial charge in [-0.1, -0.05) is 6.92 Å². The summed E-state index contributed by atoms with van der Waals surface area (Å²) in [7, 11) is 0. The van der Waals surface area contributed by atoms with Crippen molar-refractivity contribution in [1.29, 1.82) is 0 Å². The molecule has 6 heteroatoms. The Morgan fingerprint density at radius 2 is 2.35 bits per heavy atom. The lowest BCUT2D eigenvalue weighted by Crippen LogP contribution is -2.45. The highest BCUT2D eigenvalue weighted by Gasteiger charge is 2.29. The minimum atomic E-state index is -0.532. The van der Waals surface area contributed by atoms with Gasteiger partial charge in [0, 0.05) is 13.1 Å². The third-order valence-corrected chi connectivity index (χ3v) is 3.92. The van der Waals surface area contributed by atoms with Crippen molar-refractivity contribution >= 4 is 16.9 Å². The van der Waals surface area contributed by atoms with Gasteiger partial charge in [-0.05, 0) is 24.5 Å². The van der Waals surface area contributed by atoms with Crippen LogP contribution in [0.25, 0.3) is 11.0 Å². The second-order valence-electron chi connectivity index (χ2n) is 5.34. The molecule has 106 valence electrons. The van der Waals surface area contributed by atoms with Gasteiger partial charge in [0.2, 0.25) is 0 Å². The van der Waals surface area contributed by atoms with E-state index >= 15 is 0 Å². The van der Waals surface area contributed by atoms with Gasteiger partial charge >= 0.3 is 0 Å². The highest BCUT2D eigenvalue weighted by atomic mass is 19.1. The molecule has 2 N–H and O–H groups in total. The number of aliphatic hydroxyl groups is 1. The van der Waals surface area contributed by atoms with E-state index in [0.29, 0.717) is 17.6 Å². The van der Waals surface area contributed by atoms with Crippen molar-refractivity contribution in [2.75, 3.05) is 13.1 Å². The minimum Gasteiger partial charge on any atom is -0.391 e. The molecule has 3 rings (SSSR count). The van der Waals surface area contributed by atoms with Crippen molar-refractivity contribution in [2.24, 2.45) is 5.92 Å². The first-order valence-electron chi connectivity index (χ1n) is 6.66. The number of carbonyl (C=O) groups is 1. The van der Waals surface area contributed by atoms with Gasteiger partial charge in [-0.25, -0.2) is 9.37 Å². The first-order chi connectivity index (χ1) is 9.56. The van der Waals surface area contributed by atoms with Crippen molar-refractivity contribution in [3.8, 4) is 0 Å². The fourth-order valence-corrected chi connectivity index (χ4v) is 2.58. The number of aromatic nitrogens is 2. The maximum atomic E-state index is 13.6. The van der Waals surface area contributed by atoms with Crippen LogP contribution in [0.15, 0.2) is 18.5 Å². The summed E-state index contributed by atoms with van der Waals surface area (Å²) in [5.74, 6) is -0.583. The predicted octanol–water partition coefficient (Wildman–Crippen LogP) is 1.54. The van der Waals surface area contributed by atoms with E-state index in [1.807, 2.05) is 6.92 Å². The zero-order valence-corrected chi connectivity index (χ0v) is 11.1. The Labute approximate surface area is 115 Å². The summed E-state index contributed by atoms with van der Waals surface area (Å²) in [6.07, 6.45) is 1.65. The number of hydrogen-bond donors (Lipinski definition) is 2. The normalized spacial score (nSPS) is 23.2. The fraction of sp³-hybridized carbons (Fsp3) is 0.429. The number of H-pyrrole nitrogens is 1. The average Bonchev–Trinajstić information content (AvgIpc) is 2.88. The topological polar surface area (TPSA) is 69.2 Å². The summed E-state index contributed by atoms with van der Waals surface area (Å²) in [6, 6.07) is 2.52. The molecule has 2 aromatic rings. The third-order valence-electron chi connectivity index (χ3n) is 3.92. The Morgan fingerprint density at radius 3 is 3.10 bits per heavy atom. The minimum absolute atomic E-state index is 0.178. The van der Waals surface area contributed by atoms with Crippen molar-refractivity contribution < 1.29 is 14.3 Å². The molecule has 1 aliphatic heterocycles. The molecule has 1 saturated heterocycles. The quantitative estimate of drug-likeness (QED) is 0.831. The summed E-state index contributed by atoms with van der Waals surface area (Å²) in [4.78, 5) is 21.0. The molecule has 0 saturated carbocycles. The summed E-state index contributed by atoms with van der Waals surface area (Å²) < 4.78 is 13.6. The molecule has 20 heavy (non-hydrogen) atoms. The van der Waals surface area contributed by atoms with Gasteiger partial charge in [0.05, 0.1) is 23.5 Å². The number of imidazole rings is 1. The van der Waals surface area contributed by atoms with Crippen LogP contribution in [0, 0.1) is 11.7 Å². The van der Waals surface area contributed by atoms with Crippen LogP contribution in [0.2, 0.25) is 0 Å². The number of amides is 1. The van der Waals surface area contributed by atoms with Gasteiger partial charge < -0.3 is 15.0 Å². The second kappa shape index (κ2) is 4.86. The number of β-amino-alcohol motifs (C(OH)–C–C–N with tert-alkyl or cyclic N) is 1. The van der Waals surface area contributed by atoms with Crippen molar-refractivity contribution in [1.82, 2.24) is 14.9 Å². The second-order valence-corrected chi connectivity index (χ2v) is 5.34. The lowest BCUT2D eigenvalue weighted by molar-refractivity contribution is 0.0249. The number of benzene rings is 1. The SMILES string of the molecule is CC1CCN(C(=O)c2cc(F)cc3[nH]cnc23)CC1O. The van der Waals surface area contributed by atoms with E-state index in [0.717, 1.165) is 6.42 Å². The Hall–Kier alpha value is -1.95. The Balaban J connectivity index is 1.94.